The normalized spacial score (nSPS) is 13.6. The van der Waals surface area contributed by atoms with E-state index in [1.807, 2.05) is 0 Å². The first-order valence-electron chi connectivity index (χ1n) is 6.43. The van der Waals surface area contributed by atoms with Gasteiger partial charge in [-0.2, -0.15) is 5.10 Å². The maximum absolute atomic E-state index is 5.89. The molecule has 3 nitrogen and oxygen atoms in total. The summed E-state index contributed by atoms with van der Waals surface area (Å²) in [4.78, 5) is 0. The minimum absolute atomic E-state index is 0.621. The van der Waals surface area contributed by atoms with Crippen LogP contribution in [-0.2, 0) is 19.3 Å². The molecule has 0 bridgehead atoms. The summed E-state index contributed by atoms with van der Waals surface area (Å²) >= 11 is 0. The molecule has 0 fully saturated rings. The van der Waals surface area contributed by atoms with Crippen LogP contribution >= 0.6 is 0 Å². The number of nitrogens with zero attached hydrogens (tertiary/aromatic N) is 2. The van der Waals surface area contributed by atoms with Crippen molar-refractivity contribution in [3.8, 4) is 0 Å². The largest absolute Gasteiger partial charge is 0.382 e. The zero-order chi connectivity index (χ0) is 12.5. The van der Waals surface area contributed by atoms with Crippen molar-refractivity contribution in [3.05, 3.63) is 52.2 Å². The first-order chi connectivity index (χ1) is 8.75. The molecule has 18 heavy (non-hydrogen) atoms. The summed E-state index contributed by atoms with van der Waals surface area (Å²) in [7, 11) is 0. The van der Waals surface area contributed by atoms with Gasteiger partial charge in [0.15, 0.2) is 0 Å². The van der Waals surface area contributed by atoms with Crippen molar-refractivity contribution < 1.29 is 0 Å². The van der Waals surface area contributed by atoms with Gasteiger partial charge >= 0.3 is 0 Å². The van der Waals surface area contributed by atoms with E-state index in [1.54, 1.807) is 0 Å². The fourth-order valence-corrected chi connectivity index (χ4v) is 2.71. The van der Waals surface area contributed by atoms with Crippen LogP contribution in [-0.4, -0.2) is 10.2 Å². The van der Waals surface area contributed by atoms with Gasteiger partial charge in [-0.15, -0.1) is 5.10 Å². The van der Waals surface area contributed by atoms with E-state index in [4.69, 9.17) is 5.73 Å². The van der Waals surface area contributed by atoms with Crippen molar-refractivity contribution in [1.82, 2.24) is 10.2 Å². The molecule has 3 rings (SSSR count). The van der Waals surface area contributed by atoms with Gasteiger partial charge in [0.05, 0.1) is 5.69 Å². The molecule has 2 N–H and O–H groups in total. The van der Waals surface area contributed by atoms with Crippen molar-refractivity contribution in [2.45, 2.75) is 32.6 Å². The van der Waals surface area contributed by atoms with Crippen molar-refractivity contribution in [2.75, 3.05) is 5.73 Å². The van der Waals surface area contributed by atoms with Gasteiger partial charge < -0.3 is 5.73 Å². The van der Waals surface area contributed by atoms with E-state index >= 15 is 0 Å². The smallest absolute Gasteiger partial charge is 0.149 e. The summed E-state index contributed by atoms with van der Waals surface area (Å²) < 4.78 is 0. The zero-order valence-corrected chi connectivity index (χ0v) is 10.6. The van der Waals surface area contributed by atoms with Gasteiger partial charge in [-0.05, 0) is 42.9 Å². The molecule has 3 heteroatoms. The number of aromatic nitrogens is 2. The minimum Gasteiger partial charge on any atom is -0.382 e. The van der Waals surface area contributed by atoms with E-state index in [2.05, 4.69) is 41.4 Å². The molecule has 1 aromatic heterocycles. The van der Waals surface area contributed by atoms with Crippen LogP contribution in [0.2, 0.25) is 0 Å². The Labute approximate surface area is 107 Å². The summed E-state index contributed by atoms with van der Waals surface area (Å²) in [6, 6.07) is 8.44. The third-order valence-electron chi connectivity index (χ3n) is 3.77. The number of benzene rings is 1. The Bertz CT molecular complexity index is 590. The second kappa shape index (κ2) is 4.41. The van der Waals surface area contributed by atoms with Crippen LogP contribution in [0.3, 0.4) is 0 Å². The highest BCUT2D eigenvalue weighted by Gasteiger charge is 2.20. The van der Waals surface area contributed by atoms with E-state index in [0.717, 1.165) is 25.0 Å². The molecule has 0 atom stereocenters. The lowest BCUT2D eigenvalue weighted by Crippen LogP contribution is -2.06. The molecule has 0 spiro atoms. The molecule has 2 aromatic rings. The van der Waals surface area contributed by atoms with Crippen molar-refractivity contribution in [3.63, 3.8) is 0 Å². The fourth-order valence-electron chi connectivity index (χ4n) is 2.71. The maximum Gasteiger partial charge on any atom is 0.149 e. The number of nitrogens with two attached hydrogens (primary N) is 1. The first kappa shape index (κ1) is 11.2. The molecule has 0 saturated heterocycles. The molecule has 0 amide bonds. The molecule has 0 aliphatic heterocycles. The van der Waals surface area contributed by atoms with Crippen LogP contribution in [0, 0.1) is 6.92 Å². The third kappa shape index (κ3) is 1.86. The average molecular weight is 239 g/mol. The third-order valence-corrected chi connectivity index (χ3v) is 3.77. The molecule has 1 heterocycles. The Hall–Kier alpha value is -1.90. The molecule has 0 saturated carbocycles. The van der Waals surface area contributed by atoms with E-state index in [-0.39, 0.29) is 0 Å². The SMILES string of the molecule is Cc1ccccc1Cc1nnc(N)c2c1CCC2. The van der Waals surface area contributed by atoms with E-state index < -0.39 is 0 Å². The van der Waals surface area contributed by atoms with Gasteiger partial charge in [0.1, 0.15) is 5.82 Å². The number of aryl methyl sites for hydroxylation is 1. The highest BCUT2D eigenvalue weighted by Crippen LogP contribution is 2.28. The summed E-state index contributed by atoms with van der Waals surface area (Å²) in [6.45, 7) is 2.14. The lowest BCUT2D eigenvalue weighted by atomic mass is 10.00. The zero-order valence-electron chi connectivity index (χ0n) is 10.6. The Kier molecular flexibility index (Phi) is 2.74. The van der Waals surface area contributed by atoms with Crippen LogP contribution < -0.4 is 5.73 Å². The number of fused-ring (bicyclic) bond motifs is 1. The standard InChI is InChI=1S/C15H17N3/c1-10-5-2-3-6-11(10)9-14-12-7-4-8-13(12)15(16)18-17-14/h2-3,5-6H,4,7-9H2,1H3,(H2,16,18). The van der Waals surface area contributed by atoms with Gasteiger partial charge in [0.25, 0.3) is 0 Å². The summed E-state index contributed by atoms with van der Waals surface area (Å²) in [6.07, 6.45) is 4.18. The Morgan fingerprint density at radius 1 is 1.11 bits per heavy atom. The summed E-state index contributed by atoms with van der Waals surface area (Å²) in [5, 5.41) is 8.42. The van der Waals surface area contributed by atoms with Crippen LogP contribution in [0.5, 0.6) is 0 Å². The van der Waals surface area contributed by atoms with Gasteiger partial charge in [-0.1, -0.05) is 24.3 Å². The first-order valence-corrected chi connectivity index (χ1v) is 6.43. The summed E-state index contributed by atoms with van der Waals surface area (Å²) in [5.74, 6) is 0.621. The molecule has 1 aliphatic carbocycles. The molecular weight excluding hydrogens is 222 g/mol. The fraction of sp³-hybridized carbons (Fsp3) is 0.333. The monoisotopic (exact) mass is 239 g/mol. The predicted molar refractivity (Wildman–Crippen MR) is 72.5 cm³/mol. The number of rotatable bonds is 2. The molecule has 0 radical (unpaired) electrons. The van der Waals surface area contributed by atoms with Crippen molar-refractivity contribution in [1.29, 1.82) is 0 Å². The highest BCUT2D eigenvalue weighted by molar-refractivity contribution is 5.49. The Balaban J connectivity index is 2.00. The summed E-state index contributed by atoms with van der Waals surface area (Å²) in [5.41, 5.74) is 12.2. The lowest BCUT2D eigenvalue weighted by molar-refractivity contribution is 0.889. The second-order valence-corrected chi connectivity index (χ2v) is 4.95. The van der Waals surface area contributed by atoms with Crippen LogP contribution in [0.1, 0.15) is 34.4 Å². The van der Waals surface area contributed by atoms with Gasteiger partial charge in [0.2, 0.25) is 0 Å². The van der Waals surface area contributed by atoms with E-state index in [9.17, 15) is 0 Å². The minimum atomic E-state index is 0.621. The molecule has 92 valence electrons. The average Bonchev–Trinajstić information content (AvgIpc) is 2.85. The number of anilines is 1. The Morgan fingerprint density at radius 3 is 2.72 bits per heavy atom. The molecule has 1 aromatic carbocycles. The van der Waals surface area contributed by atoms with Crippen LogP contribution in [0.25, 0.3) is 0 Å². The highest BCUT2D eigenvalue weighted by atomic mass is 15.1. The van der Waals surface area contributed by atoms with E-state index in [0.29, 0.717) is 5.82 Å². The molecule has 1 aliphatic rings. The maximum atomic E-state index is 5.89. The van der Waals surface area contributed by atoms with Crippen molar-refractivity contribution >= 4 is 5.82 Å². The number of nitrogen functional groups attached to an aromatic ring is 1. The molecule has 0 unspecified atom stereocenters. The van der Waals surface area contributed by atoms with Gasteiger partial charge in [-0.25, -0.2) is 0 Å². The Morgan fingerprint density at radius 2 is 1.89 bits per heavy atom. The van der Waals surface area contributed by atoms with Crippen LogP contribution in [0.4, 0.5) is 5.82 Å². The second-order valence-electron chi connectivity index (χ2n) is 4.95. The molecular formula is C15H17N3. The topological polar surface area (TPSA) is 51.8 Å². The van der Waals surface area contributed by atoms with Gasteiger partial charge in [-0.3, -0.25) is 0 Å². The predicted octanol–water partition coefficient (Wildman–Crippen LogP) is 2.45. The quantitative estimate of drug-likeness (QED) is 0.875. The van der Waals surface area contributed by atoms with Crippen LogP contribution in [0.15, 0.2) is 24.3 Å². The number of hydrogen-bond donors (Lipinski definition) is 1. The lowest BCUT2D eigenvalue weighted by Gasteiger charge is -2.10. The number of hydrogen-bond acceptors (Lipinski definition) is 3. The van der Waals surface area contributed by atoms with E-state index in [1.165, 1.54) is 28.7 Å². The van der Waals surface area contributed by atoms with Gasteiger partial charge in [0, 0.05) is 12.0 Å². The van der Waals surface area contributed by atoms with Crippen molar-refractivity contribution in [2.24, 2.45) is 0 Å².